The van der Waals surface area contributed by atoms with Crippen molar-refractivity contribution in [1.82, 2.24) is 15.1 Å². The highest BCUT2D eigenvalue weighted by molar-refractivity contribution is 5.77. The molecule has 0 saturated carbocycles. The number of carbonyl (C=O) groups is 1. The Kier molecular flexibility index (Phi) is 7.49. The summed E-state index contributed by atoms with van der Waals surface area (Å²) in [7, 11) is 0. The summed E-state index contributed by atoms with van der Waals surface area (Å²) in [5.74, 6) is 1.04. The summed E-state index contributed by atoms with van der Waals surface area (Å²) in [5.41, 5.74) is 4.20. The summed E-state index contributed by atoms with van der Waals surface area (Å²) in [6, 6.07) is 17.6. The van der Waals surface area contributed by atoms with Gasteiger partial charge in [0, 0.05) is 17.8 Å². The third-order valence-corrected chi connectivity index (χ3v) is 4.84. The molecule has 1 heterocycles. The number of nitrogens with zero attached hydrogens (tertiary/aromatic N) is 2. The lowest BCUT2D eigenvalue weighted by Gasteiger charge is -2.12. The van der Waals surface area contributed by atoms with Crippen LogP contribution in [0.4, 0.5) is 0 Å². The quantitative estimate of drug-likeness (QED) is 0.551. The molecule has 2 aromatic carbocycles. The molecule has 3 aromatic rings. The van der Waals surface area contributed by atoms with Gasteiger partial charge in [0.25, 0.3) is 5.91 Å². The molecule has 1 amide bonds. The van der Waals surface area contributed by atoms with E-state index in [0.29, 0.717) is 31.2 Å². The van der Waals surface area contributed by atoms with E-state index in [4.69, 9.17) is 9.47 Å². The van der Waals surface area contributed by atoms with E-state index in [2.05, 4.69) is 22.5 Å². The van der Waals surface area contributed by atoms with Crippen molar-refractivity contribution < 1.29 is 14.3 Å². The summed E-state index contributed by atoms with van der Waals surface area (Å²) < 4.78 is 13.3. The van der Waals surface area contributed by atoms with Gasteiger partial charge in [-0.15, -0.1) is 0 Å². The van der Waals surface area contributed by atoms with Crippen molar-refractivity contribution in [2.24, 2.45) is 0 Å². The van der Waals surface area contributed by atoms with Crippen molar-refractivity contribution >= 4 is 5.91 Å². The SMILES string of the molecule is CCCOc1ccccc1OCC(=O)NCc1c(C)nn(Cc2ccccc2)c1C. The van der Waals surface area contributed by atoms with Gasteiger partial charge in [-0.3, -0.25) is 9.48 Å². The van der Waals surface area contributed by atoms with E-state index in [1.54, 1.807) is 6.07 Å². The van der Waals surface area contributed by atoms with Crippen LogP contribution in [0.5, 0.6) is 11.5 Å². The van der Waals surface area contributed by atoms with Crippen LogP contribution in [0, 0.1) is 13.8 Å². The van der Waals surface area contributed by atoms with Gasteiger partial charge in [-0.2, -0.15) is 5.10 Å². The molecule has 158 valence electrons. The first-order chi connectivity index (χ1) is 14.6. The van der Waals surface area contributed by atoms with E-state index in [1.165, 1.54) is 5.56 Å². The van der Waals surface area contributed by atoms with Crippen molar-refractivity contribution in [2.75, 3.05) is 13.2 Å². The van der Waals surface area contributed by atoms with Crippen LogP contribution < -0.4 is 14.8 Å². The number of hydrogen-bond donors (Lipinski definition) is 1. The minimum atomic E-state index is -0.185. The molecule has 30 heavy (non-hydrogen) atoms. The predicted octanol–water partition coefficient (Wildman–Crippen LogP) is 4.03. The summed E-state index contributed by atoms with van der Waals surface area (Å²) in [6.07, 6.45) is 0.908. The van der Waals surface area contributed by atoms with E-state index in [0.717, 1.165) is 23.4 Å². The second-order valence-corrected chi connectivity index (χ2v) is 7.15. The Labute approximate surface area is 177 Å². The van der Waals surface area contributed by atoms with Gasteiger partial charge in [-0.05, 0) is 38.0 Å². The van der Waals surface area contributed by atoms with Crippen LogP contribution in [0.2, 0.25) is 0 Å². The Hall–Kier alpha value is -3.28. The first-order valence-electron chi connectivity index (χ1n) is 10.3. The van der Waals surface area contributed by atoms with Gasteiger partial charge < -0.3 is 14.8 Å². The molecule has 0 spiro atoms. The monoisotopic (exact) mass is 407 g/mol. The van der Waals surface area contributed by atoms with Crippen molar-refractivity contribution in [3.8, 4) is 11.5 Å². The lowest BCUT2D eigenvalue weighted by atomic mass is 10.2. The van der Waals surface area contributed by atoms with E-state index in [9.17, 15) is 4.79 Å². The third-order valence-electron chi connectivity index (χ3n) is 4.84. The van der Waals surface area contributed by atoms with Gasteiger partial charge >= 0.3 is 0 Å². The Balaban J connectivity index is 1.55. The molecule has 0 aliphatic carbocycles. The normalized spacial score (nSPS) is 10.6. The summed E-state index contributed by atoms with van der Waals surface area (Å²) in [5, 5.41) is 7.57. The van der Waals surface area contributed by atoms with Crippen molar-refractivity contribution in [3.63, 3.8) is 0 Å². The lowest BCUT2D eigenvalue weighted by molar-refractivity contribution is -0.123. The first-order valence-corrected chi connectivity index (χ1v) is 10.3. The zero-order valence-corrected chi connectivity index (χ0v) is 17.9. The van der Waals surface area contributed by atoms with Crippen LogP contribution >= 0.6 is 0 Å². The van der Waals surface area contributed by atoms with Crippen LogP contribution in [0.25, 0.3) is 0 Å². The zero-order valence-electron chi connectivity index (χ0n) is 17.9. The molecule has 1 N–H and O–H groups in total. The standard InChI is InChI=1S/C24H29N3O3/c1-4-14-29-22-12-8-9-13-23(22)30-17-24(28)25-15-21-18(2)26-27(19(21)3)16-20-10-6-5-7-11-20/h5-13H,4,14-17H2,1-3H3,(H,25,28). The number of nitrogens with one attached hydrogen (secondary N) is 1. The smallest absolute Gasteiger partial charge is 0.258 e. The van der Waals surface area contributed by atoms with Crippen molar-refractivity contribution in [3.05, 3.63) is 77.1 Å². The highest BCUT2D eigenvalue weighted by atomic mass is 16.5. The van der Waals surface area contributed by atoms with Gasteiger partial charge in [0.15, 0.2) is 18.1 Å². The maximum atomic E-state index is 12.3. The van der Waals surface area contributed by atoms with Gasteiger partial charge in [-0.25, -0.2) is 0 Å². The number of carbonyl (C=O) groups excluding carboxylic acids is 1. The third kappa shape index (κ3) is 5.63. The number of aryl methyl sites for hydroxylation is 1. The number of rotatable bonds is 10. The highest BCUT2D eigenvalue weighted by Crippen LogP contribution is 2.26. The molecule has 0 aliphatic heterocycles. The molecule has 0 aliphatic rings. The van der Waals surface area contributed by atoms with Gasteiger partial charge in [0.05, 0.1) is 18.8 Å². The average Bonchev–Trinajstić information content (AvgIpc) is 3.03. The number of amides is 1. The van der Waals surface area contributed by atoms with Crippen molar-refractivity contribution in [2.45, 2.75) is 40.3 Å². The fourth-order valence-corrected chi connectivity index (χ4v) is 3.18. The fourth-order valence-electron chi connectivity index (χ4n) is 3.18. The maximum Gasteiger partial charge on any atom is 0.258 e. The second-order valence-electron chi connectivity index (χ2n) is 7.15. The molecule has 0 bridgehead atoms. The zero-order chi connectivity index (χ0) is 21.3. The van der Waals surface area contributed by atoms with Gasteiger partial charge in [0.1, 0.15) is 0 Å². The fraction of sp³-hybridized carbons (Fsp3) is 0.333. The molecular formula is C24H29N3O3. The second kappa shape index (κ2) is 10.5. The minimum Gasteiger partial charge on any atom is -0.490 e. The molecule has 6 nitrogen and oxygen atoms in total. The predicted molar refractivity (Wildman–Crippen MR) is 117 cm³/mol. The van der Waals surface area contributed by atoms with Gasteiger partial charge in [-0.1, -0.05) is 49.4 Å². The van der Waals surface area contributed by atoms with E-state index < -0.39 is 0 Å². The molecule has 0 unspecified atom stereocenters. The number of para-hydroxylation sites is 2. The van der Waals surface area contributed by atoms with Crippen LogP contribution in [-0.4, -0.2) is 28.9 Å². The number of ether oxygens (including phenoxy) is 2. The lowest BCUT2D eigenvalue weighted by Crippen LogP contribution is -2.28. The Morgan fingerprint density at radius 2 is 1.67 bits per heavy atom. The molecule has 3 rings (SSSR count). The Bertz CT molecular complexity index is 967. The van der Waals surface area contributed by atoms with E-state index in [1.807, 2.05) is 61.9 Å². The first kappa shape index (κ1) is 21.4. The van der Waals surface area contributed by atoms with Crippen molar-refractivity contribution in [1.29, 1.82) is 0 Å². The average molecular weight is 408 g/mol. The molecule has 0 radical (unpaired) electrons. The van der Waals surface area contributed by atoms with E-state index >= 15 is 0 Å². The molecule has 0 fully saturated rings. The molecule has 0 atom stereocenters. The molecule has 0 saturated heterocycles. The molecule has 1 aromatic heterocycles. The summed E-state index contributed by atoms with van der Waals surface area (Å²) in [6.45, 7) is 7.71. The summed E-state index contributed by atoms with van der Waals surface area (Å²) in [4.78, 5) is 12.3. The van der Waals surface area contributed by atoms with Crippen LogP contribution in [0.15, 0.2) is 54.6 Å². The largest absolute Gasteiger partial charge is 0.490 e. The van der Waals surface area contributed by atoms with Crippen LogP contribution in [0.1, 0.15) is 35.9 Å². The summed E-state index contributed by atoms with van der Waals surface area (Å²) >= 11 is 0. The number of aromatic nitrogens is 2. The number of hydrogen-bond acceptors (Lipinski definition) is 4. The maximum absolute atomic E-state index is 12.3. The minimum absolute atomic E-state index is 0.0667. The Morgan fingerprint density at radius 3 is 2.37 bits per heavy atom. The van der Waals surface area contributed by atoms with Crippen LogP contribution in [-0.2, 0) is 17.9 Å². The molecular weight excluding hydrogens is 378 g/mol. The number of benzene rings is 2. The van der Waals surface area contributed by atoms with Gasteiger partial charge in [0.2, 0.25) is 0 Å². The topological polar surface area (TPSA) is 65.4 Å². The highest BCUT2D eigenvalue weighted by Gasteiger charge is 2.14. The Morgan fingerprint density at radius 1 is 1.00 bits per heavy atom. The van der Waals surface area contributed by atoms with Crippen LogP contribution in [0.3, 0.4) is 0 Å². The molecule has 6 heteroatoms. The van der Waals surface area contributed by atoms with E-state index in [-0.39, 0.29) is 12.5 Å².